The van der Waals surface area contributed by atoms with Gasteiger partial charge in [0.05, 0.1) is 31.0 Å². The van der Waals surface area contributed by atoms with Crippen molar-refractivity contribution in [3.63, 3.8) is 0 Å². The molecule has 0 aliphatic carbocycles. The number of esters is 2. The van der Waals surface area contributed by atoms with E-state index < -0.39 is 79.6 Å². The van der Waals surface area contributed by atoms with Gasteiger partial charge in [-0.15, -0.1) is 6.58 Å². The molecule has 12 heteroatoms. The highest BCUT2D eigenvalue weighted by Gasteiger charge is 2.49. The van der Waals surface area contributed by atoms with Crippen LogP contribution < -0.4 is 0 Å². The van der Waals surface area contributed by atoms with E-state index in [0.29, 0.717) is 6.42 Å². The van der Waals surface area contributed by atoms with Crippen LogP contribution in [-0.4, -0.2) is 94.0 Å². The Balaban J connectivity index is 1.62. The highest BCUT2D eigenvalue weighted by atomic mass is 16.8. The van der Waals surface area contributed by atoms with Crippen molar-refractivity contribution in [3.8, 4) is 0 Å². The summed E-state index contributed by atoms with van der Waals surface area (Å²) in [6.07, 6.45) is -3.16. The number of ether oxygens (including phenoxy) is 5. The van der Waals surface area contributed by atoms with Gasteiger partial charge < -0.3 is 49.2 Å². The zero-order valence-corrected chi connectivity index (χ0v) is 21.5. The maximum absolute atomic E-state index is 12.7. The predicted octanol–water partition coefficient (Wildman–Crippen LogP) is 0.0227. The quantitative estimate of drug-likeness (QED) is 0.175. The van der Waals surface area contributed by atoms with E-state index in [9.17, 15) is 30.0 Å². The average molecular weight is 543 g/mol. The molecule has 12 nitrogen and oxygen atoms in total. The highest BCUT2D eigenvalue weighted by molar-refractivity contribution is 5.90. The Morgan fingerprint density at radius 3 is 2.61 bits per heavy atom. The van der Waals surface area contributed by atoms with Crippen LogP contribution in [0.2, 0.25) is 0 Å². The Morgan fingerprint density at radius 2 is 1.95 bits per heavy atom. The summed E-state index contributed by atoms with van der Waals surface area (Å²) in [6.45, 7) is 6.78. The van der Waals surface area contributed by atoms with Gasteiger partial charge in [-0.3, -0.25) is 4.79 Å². The van der Waals surface area contributed by atoms with Crippen LogP contribution in [0.25, 0.3) is 0 Å². The Hall–Kier alpha value is -2.32. The van der Waals surface area contributed by atoms with E-state index in [-0.39, 0.29) is 18.6 Å². The second-order valence-corrected chi connectivity index (χ2v) is 9.86. The number of rotatable bonds is 11. The van der Waals surface area contributed by atoms with E-state index in [2.05, 4.69) is 6.58 Å². The molecule has 5 N–H and O–H groups in total. The molecule has 0 unspecified atom stereocenters. The van der Waals surface area contributed by atoms with Gasteiger partial charge in [0.1, 0.15) is 24.4 Å². The number of allylic oxidation sites excluding steroid dienone is 1. The fraction of sp³-hybridized carbons (Fsp3) is 0.692. The van der Waals surface area contributed by atoms with E-state index in [4.69, 9.17) is 28.8 Å². The van der Waals surface area contributed by atoms with Crippen LogP contribution >= 0.6 is 0 Å². The molecular formula is C26H38O12. The van der Waals surface area contributed by atoms with Gasteiger partial charge in [-0.1, -0.05) is 24.6 Å². The third kappa shape index (κ3) is 7.00. The molecule has 3 rings (SSSR count). The number of hydrogen-bond donors (Lipinski definition) is 5. The number of hydrogen-bond acceptors (Lipinski definition) is 12. The molecular weight excluding hydrogens is 504 g/mol. The molecule has 0 amide bonds. The molecule has 214 valence electrons. The second kappa shape index (κ2) is 13.7. The van der Waals surface area contributed by atoms with Gasteiger partial charge in [-0.2, -0.15) is 0 Å². The summed E-state index contributed by atoms with van der Waals surface area (Å²) in [5.41, 5.74) is 1.24. The molecule has 0 saturated carbocycles. The maximum atomic E-state index is 12.7. The van der Waals surface area contributed by atoms with Crippen molar-refractivity contribution in [1.82, 2.24) is 0 Å². The van der Waals surface area contributed by atoms with Crippen molar-refractivity contribution >= 4 is 11.9 Å². The van der Waals surface area contributed by atoms with Crippen molar-refractivity contribution in [2.24, 2.45) is 17.8 Å². The van der Waals surface area contributed by atoms with Crippen LogP contribution in [0.15, 0.2) is 36.1 Å². The molecule has 0 bridgehead atoms. The van der Waals surface area contributed by atoms with E-state index >= 15 is 0 Å². The number of carbonyl (C=O) groups is 2. The van der Waals surface area contributed by atoms with E-state index in [0.717, 1.165) is 18.4 Å². The smallest absolute Gasteiger partial charge is 0.340 e. The fourth-order valence-electron chi connectivity index (χ4n) is 4.73. The van der Waals surface area contributed by atoms with Crippen molar-refractivity contribution in [1.29, 1.82) is 0 Å². The number of fused-ring (bicyclic) bond motifs is 1. The van der Waals surface area contributed by atoms with Crippen LogP contribution in [0, 0.1) is 17.8 Å². The molecule has 3 aliphatic heterocycles. The summed E-state index contributed by atoms with van der Waals surface area (Å²) in [6, 6.07) is 0. The highest BCUT2D eigenvalue weighted by Crippen LogP contribution is 2.41. The zero-order valence-electron chi connectivity index (χ0n) is 21.5. The van der Waals surface area contributed by atoms with Crippen molar-refractivity contribution in [2.75, 3.05) is 13.2 Å². The largest absolute Gasteiger partial charge is 0.471 e. The minimum atomic E-state index is -1.64. The molecule has 0 aromatic carbocycles. The lowest BCUT2D eigenvalue weighted by atomic mass is 9.80. The minimum Gasteiger partial charge on any atom is -0.471 e. The molecule has 3 heterocycles. The molecule has 0 radical (unpaired) electrons. The Morgan fingerprint density at radius 1 is 1.21 bits per heavy atom. The average Bonchev–Trinajstić information content (AvgIpc) is 2.88. The first-order valence-electron chi connectivity index (χ1n) is 12.7. The first-order chi connectivity index (χ1) is 18.1. The first-order valence-corrected chi connectivity index (χ1v) is 12.7. The van der Waals surface area contributed by atoms with Gasteiger partial charge in [0, 0.05) is 18.3 Å². The Bertz CT molecular complexity index is 899. The number of aliphatic hydroxyl groups is 5. The van der Waals surface area contributed by atoms with Crippen molar-refractivity contribution in [3.05, 3.63) is 36.1 Å². The van der Waals surface area contributed by atoms with Gasteiger partial charge in [-0.25, -0.2) is 4.79 Å². The van der Waals surface area contributed by atoms with Gasteiger partial charge in [0.25, 0.3) is 0 Å². The minimum absolute atomic E-state index is 0.0285. The topological polar surface area (TPSA) is 181 Å². The SMILES string of the molecule is C=C[C@@H]1[C@@H](O[C@@H]2O[C@H](CO)[C@@H](O)[C@H](O)[C@H]2O)OC=C2C(=O)O[C@@H](OC(=O)[C@@H](C)CCC/C(C)=C\CO)C[C@@H]21. The normalized spacial score (nSPS) is 36.3. The molecule has 0 aromatic heterocycles. The standard InChI is InChI=1S/C26H38O12/c1-4-15-16-10-19(36-23(32)14(3)7-5-6-13(2)8-9-27)37-24(33)17(16)12-34-25(15)38-26-22(31)21(30)20(29)18(11-28)35-26/h4,8,12,14-16,18-22,25-31H,1,5-7,9-11H2,2-3H3/b13-8-/t14-,15-,16+,18+,19+,20+,21-,22+,25+,26-/m0/s1. The van der Waals surface area contributed by atoms with Crippen molar-refractivity contribution in [2.45, 2.75) is 82.8 Å². The van der Waals surface area contributed by atoms with Crippen molar-refractivity contribution < 1.29 is 58.8 Å². The summed E-state index contributed by atoms with van der Waals surface area (Å²) in [5, 5.41) is 48.7. The zero-order chi connectivity index (χ0) is 28.0. The lowest BCUT2D eigenvalue weighted by molar-refractivity contribution is -0.340. The molecule has 0 spiro atoms. The molecule has 0 aromatic rings. The van der Waals surface area contributed by atoms with Crippen LogP contribution in [-0.2, 0) is 33.3 Å². The molecule has 10 atom stereocenters. The van der Waals surface area contributed by atoms with Crippen LogP contribution in [0.4, 0.5) is 0 Å². The summed E-state index contributed by atoms with van der Waals surface area (Å²) in [7, 11) is 0. The Labute approximate surface area is 221 Å². The van der Waals surface area contributed by atoms with Crippen LogP contribution in [0.5, 0.6) is 0 Å². The summed E-state index contributed by atoms with van der Waals surface area (Å²) in [4.78, 5) is 25.3. The third-order valence-corrected chi connectivity index (χ3v) is 7.11. The summed E-state index contributed by atoms with van der Waals surface area (Å²) < 4.78 is 27.5. The molecule has 3 aliphatic rings. The number of aliphatic hydroxyl groups excluding tert-OH is 5. The van der Waals surface area contributed by atoms with Gasteiger partial charge in [0.15, 0.2) is 6.29 Å². The van der Waals surface area contributed by atoms with E-state index in [1.165, 1.54) is 12.3 Å². The van der Waals surface area contributed by atoms with Gasteiger partial charge >= 0.3 is 11.9 Å². The monoisotopic (exact) mass is 542 g/mol. The van der Waals surface area contributed by atoms with Gasteiger partial charge in [0.2, 0.25) is 12.6 Å². The van der Waals surface area contributed by atoms with Gasteiger partial charge in [-0.05, 0) is 26.2 Å². The fourth-order valence-corrected chi connectivity index (χ4v) is 4.73. The predicted molar refractivity (Wildman–Crippen MR) is 129 cm³/mol. The first kappa shape index (κ1) is 30.2. The second-order valence-electron chi connectivity index (χ2n) is 9.86. The van der Waals surface area contributed by atoms with Crippen LogP contribution in [0.3, 0.4) is 0 Å². The third-order valence-electron chi connectivity index (χ3n) is 7.11. The summed E-state index contributed by atoms with van der Waals surface area (Å²) in [5.74, 6) is -2.86. The van der Waals surface area contributed by atoms with E-state index in [1.54, 1.807) is 13.0 Å². The maximum Gasteiger partial charge on any atom is 0.340 e. The lowest BCUT2D eigenvalue weighted by Gasteiger charge is -2.44. The molecule has 38 heavy (non-hydrogen) atoms. The lowest BCUT2D eigenvalue weighted by Crippen LogP contribution is -2.60. The van der Waals surface area contributed by atoms with Crippen LogP contribution in [0.1, 0.15) is 39.5 Å². The molecule has 2 fully saturated rings. The summed E-state index contributed by atoms with van der Waals surface area (Å²) >= 11 is 0. The Kier molecular flexibility index (Phi) is 10.9. The number of carbonyl (C=O) groups excluding carboxylic acids is 2. The number of cyclic esters (lactones) is 1. The molecule has 2 saturated heterocycles. The van der Waals surface area contributed by atoms with E-state index in [1.807, 2.05) is 6.92 Å².